The first-order valence-electron chi connectivity index (χ1n) is 6.81. The van der Waals surface area contributed by atoms with Crippen LogP contribution in [0.15, 0.2) is 47.4 Å². The molecule has 0 aliphatic heterocycles. The summed E-state index contributed by atoms with van der Waals surface area (Å²) in [6.07, 6.45) is 0. The molecule has 0 saturated heterocycles. The van der Waals surface area contributed by atoms with Gasteiger partial charge in [-0.1, -0.05) is 23.2 Å². The number of hydrogen-bond donors (Lipinski definition) is 1. The first-order chi connectivity index (χ1) is 10.7. The Hall–Kier alpha value is -1.56. The smallest absolute Gasteiger partial charge is 0.255 e. The van der Waals surface area contributed by atoms with E-state index in [-0.39, 0.29) is 10.8 Å². The van der Waals surface area contributed by atoms with Crippen LogP contribution in [0.25, 0.3) is 0 Å². The zero-order valence-electron chi connectivity index (χ0n) is 12.5. The van der Waals surface area contributed by atoms with Gasteiger partial charge in [-0.2, -0.15) is 0 Å². The van der Waals surface area contributed by atoms with Crippen molar-refractivity contribution in [1.82, 2.24) is 0 Å². The largest absolute Gasteiger partial charge is 0.322 e. The molecule has 0 aliphatic carbocycles. The molecule has 2 rings (SSSR count). The molecule has 0 aromatic heterocycles. The van der Waals surface area contributed by atoms with E-state index in [1.165, 1.54) is 24.3 Å². The van der Waals surface area contributed by atoms with Gasteiger partial charge in [0.15, 0.2) is 9.84 Å². The molecule has 0 bridgehead atoms. The van der Waals surface area contributed by atoms with Gasteiger partial charge in [0, 0.05) is 21.3 Å². The van der Waals surface area contributed by atoms with Gasteiger partial charge in [-0.05, 0) is 56.3 Å². The van der Waals surface area contributed by atoms with Gasteiger partial charge >= 0.3 is 0 Å². The van der Waals surface area contributed by atoms with Gasteiger partial charge in [0.2, 0.25) is 0 Å². The zero-order valence-corrected chi connectivity index (χ0v) is 14.8. The summed E-state index contributed by atoms with van der Waals surface area (Å²) in [6.45, 7) is 3.22. The highest BCUT2D eigenvalue weighted by Gasteiger charge is 2.19. The van der Waals surface area contributed by atoms with Crippen molar-refractivity contribution in [2.75, 3.05) is 5.32 Å². The van der Waals surface area contributed by atoms with Gasteiger partial charge in [-0.15, -0.1) is 0 Å². The van der Waals surface area contributed by atoms with Crippen LogP contribution >= 0.6 is 23.2 Å². The molecule has 0 atom stereocenters. The highest BCUT2D eigenvalue weighted by molar-refractivity contribution is 7.92. The van der Waals surface area contributed by atoms with Crippen molar-refractivity contribution in [3.8, 4) is 0 Å². The predicted molar refractivity (Wildman–Crippen MR) is 93.2 cm³/mol. The van der Waals surface area contributed by atoms with E-state index in [0.717, 1.165) is 0 Å². The Kier molecular flexibility index (Phi) is 5.34. The molecule has 122 valence electrons. The molecular formula is C16H15Cl2NO3S. The summed E-state index contributed by atoms with van der Waals surface area (Å²) in [7, 11) is -3.36. The Labute approximate surface area is 145 Å². The number of rotatable bonds is 4. The highest BCUT2D eigenvalue weighted by atomic mass is 35.5. The zero-order chi connectivity index (χ0) is 17.2. The van der Waals surface area contributed by atoms with E-state index in [1.807, 2.05) is 0 Å². The van der Waals surface area contributed by atoms with Crippen molar-refractivity contribution in [2.24, 2.45) is 0 Å². The maximum Gasteiger partial charge on any atom is 0.255 e. The van der Waals surface area contributed by atoms with Gasteiger partial charge in [0.1, 0.15) is 0 Å². The van der Waals surface area contributed by atoms with E-state index in [0.29, 0.717) is 21.3 Å². The number of anilines is 1. The summed E-state index contributed by atoms with van der Waals surface area (Å²) in [4.78, 5) is 12.4. The number of amides is 1. The van der Waals surface area contributed by atoms with Gasteiger partial charge in [0.25, 0.3) is 5.91 Å². The standard InChI is InChI=1S/C16H15Cl2NO3S/c1-10(2)23(21,22)15-5-3-11(4-6-15)16(20)19-14-8-12(17)7-13(18)9-14/h3-10H,1-2H3,(H,19,20). The third kappa shape index (κ3) is 4.25. The number of nitrogens with one attached hydrogen (secondary N) is 1. The van der Waals surface area contributed by atoms with Crippen LogP contribution in [-0.4, -0.2) is 19.6 Å². The van der Waals surface area contributed by atoms with Crippen LogP contribution in [0.5, 0.6) is 0 Å². The molecule has 4 nitrogen and oxygen atoms in total. The average Bonchev–Trinajstić information content (AvgIpc) is 2.46. The lowest BCUT2D eigenvalue weighted by atomic mass is 10.2. The number of halogens is 2. The second-order valence-corrected chi connectivity index (χ2v) is 8.61. The number of hydrogen-bond acceptors (Lipinski definition) is 3. The van der Waals surface area contributed by atoms with Crippen LogP contribution in [0.4, 0.5) is 5.69 Å². The van der Waals surface area contributed by atoms with Crippen molar-refractivity contribution < 1.29 is 13.2 Å². The van der Waals surface area contributed by atoms with Crippen molar-refractivity contribution in [1.29, 1.82) is 0 Å². The normalized spacial score (nSPS) is 11.5. The maximum atomic E-state index is 12.2. The van der Waals surface area contributed by atoms with Crippen molar-refractivity contribution in [3.63, 3.8) is 0 Å². The maximum absolute atomic E-state index is 12.2. The average molecular weight is 372 g/mol. The first kappa shape index (κ1) is 17.8. The molecule has 0 saturated carbocycles. The van der Waals surface area contributed by atoms with Crippen LogP contribution in [0.2, 0.25) is 10.0 Å². The summed E-state index contributed by atoms with van der Waals surface area (Å²) < 4.78 is 24.1. The fourth-order valence-corrected chi connectivity index (χ4v) is 3.48. The van der Waals surface area contributed by atoms with Crippen LogP contribution < -0.4 is 5.32 Å². The van der Waals surface area contributed by atoms with E-state index in [2.05, 4.69) is 5.32 Å². The summed E-state index contributed by atoms with van der Waals surface area (Å²) in [6, 6.07) is 10.5. The second-order valence-electron chi connectivity index (χ2n) is 5.23. The Morgan fingerprint density at radius 1 is 1.00 bits per heavy atom. The molecule has 2 aromatic carbocycles. The Bertz CT molecular complexity index is 811. The van der Waals surface area contributed by atoms with Gasteiger partial charge < -0.3 is 5.32 Å². The Morgan fingerprint density at radius 3 is 2.00 bits per heavy atom. The lowest BCUT2D eigenvalue weighted by Gasteiger charge is -2.09. The molecule has 1 amide bonds. The van der Waals surface area contributed by atoms with Gasteiger partial charge in [-0.3, -0.25) is 4.79 Å². The molecule has 0 heterocycles. The van der Waals surface area contributed by atoms with E-state index in [4.69, 9.17) is 23.2 Å². The minimum Gasteiger partial charge on any atom is -0.322 e. The number of sulfone groups is 1. The van der Waals surface area contributed by atoms with Crippen LogP contribution in [0, 0.1) is 0 Å². The van der Waals surface area contributed by atoms with E-state index in [9.17, 15) is 13.2 Å². The van der Waals surface area contributed by atoms with Crippen LogP contribution in [0.3, 0.4) is 0 Å². The van der Waals surface area contributed by atoms with Gasteiger partial charge in [-0.25, -0.2) is 8.42 Å². The fourth-order valence-electron chi connectivity index (χ4n) is 1.90. The molecule has 0 fully saturated rings. The lowest BCUT2D eigenvalue weighted by molar-refractivity contribution is 0.102. The lowest BCUT2D eigenvalue weighted by Crippen LogP contribution is -2.15. The third-order valence-corrected chi connectivity index (χ3v) is 5.79. The molecular weight excluding hydrogens is 357 g/mol. The molecule has 23 heavy (non-hydrogen) atoms. The van der Waals surface area contributed by atoms with Gasteiger partial charge in [0.05, 0.1) is 10.1 Å². The Balaban J connectivity index is 2.21. The molecule has 1 N–H and O–H groups in total. The van der Waals surface area contributed by atoms with Crippen LogP contribution in [0.1, 0.15) is 24.2 Å². The molecule has 0 spiro atoms. The van der Waals surface area contributed by atoms with Crippen molar-refractivity contribution >= 4 is 44.6 Å². The highest BCUT2D eigenvalue weighted by Crippen LogP contribution is 2.23. The summed E-state index contributed by atoms with van der Waals surface area (Å²) >= 11 is 11.8. The summed E-state index contributed by atoms with van der Waals surface area (Å²) in [5.74, 6) is -0.378. The minimum absolute atomic E-state index is 0.190. The minimum atomic E-state index is -3.36. The monoisotopic (exact) mass is 371 g/mol. The molecule has 0 unspecified atom stereocenters. The SMILES string of the molecule is CC(C)S(=O)(=O)c1ccc(C(=O)Nc2cc(Cl)cc(Cl)c2)cc1. The number of carbonyl (C=O) groups excluding carboxylic acids is 1. The molecule has 7 heteroatoms. The van der Waals surface area contributed by atoms with E-state index >= 15 is 0 Å². The summed E-state index contributed by atoms with van der Waals surface area (Å²) in [5.41, 5.74) is 0.801. The van der Waals surface area contributed by atoms with E-state index in [1.54, 1.807) is 32.0 Å². The predicted octanol–water partition coefficient (Wildman–Crippen LogP) is 4.43. The number of carbonyl (C=O) groups is 1. The first-order valence-corrected chi connectivity index (χ1v) is 9.12. The quantitative estimate of drug-likeness (QED) is 0.864. The van der Waals surface area contributed by atoms with Crippen molar-refractivity contribution in [2.45, 2.75) is 24.0 Å². The summed E-state index contributed by atoms with van der Waals surface area (Å²) in [5, 5.41) is 2.96. The molecule has 2 aromatic rings. The van der Waals surface area contributed by atoms with E-state index < -0.39 is 15.1 Å². The topological polar surface area (TPSA) is 63.2 Å². The molecule has 0 radical (unpaired) electrons. The number of benzene rings is 2. The molecule has 0 aliphatic rings. The Morgan fingerprint density at radius 2 is 1.52 bits per heavy atom. The van der Waals surface area contributed by atoms with Crippen LogP contribution in [-0.2, 0) is 9.84 Å². The fraction of sp³-hybridized carbons (Fsp3) is 0.188. The third-order valence-electron chi connectivity index (χ3n) is 3.19. The second kappa shape index (κ2) is 6.91. The van der Waals surface area contributed by atoms with Crippen molar-refractivity contribution in [3.05, 3.63) is 58.1 Å².